The molecule has 0 saturated heterocycles. The number of pyridine rings is 1. The molecule has 0 spiro atoms. The van der Waals surface area contributed by atoms with Gasteiger partial charge in [-0.25, -0.2) is 4.98 Å². The second-order valence-electron chi connectivity index (χ2n) is 3.13. The Balaban J connectivity index is 2.60. The summed E-state index contributed by atoms with van der Waals surface area (Å²) in [5, 5.41) is 3.56. The van der Waals surface area contributed by atoms with E-state index in [0.717, 1.165) is 11.3 Å². The van der Waals surface area contributed by atoms with E-state index in [4.69, 9.17) is 21.1 Å². The van der Waals surface area contributed by atoms with Gasteiger partial charge in [0, 0.05) is 20.4 Å². The lowest BCUT2D eigenvalue weighted by atomic mass is 10.3. The molecule has 0 bridgehead atoms. The summed E-state index contributed by atoms with van der Waals surface area (Å²) >= 11 is 5.91. The number of methoxy groups -OCH3 is 2. The molecule has 5 heteroatoms. The number of aryl methyl sites for hydroxylation is 1. The van der Waals surface area contributed by atoms with Crippen molar-refractivity contribution in [3.8, 4) is 0 Å². The number of anilines is 1. The zero-order valence-electron chi connectivity index (χ0n) is 9.08. The summed E-state index contributed by atoms with van der Waals surface area (Å²) in [7, 11) is 3.18. The first-order valence-electron chi connectivity index (χ1n) is 4.59. The molecule has 4 nitrogen and oxygen atoms in total. The summed E-state index contributed by atoms with van der Waals surface area (Å²) in [6.07, 6.45) is 1.43. The molecule has 0 aliphatic rings. The highest BCUT2D eigenvalue weighted by atomic mass is 35.5. The molecule has 1 N–H and O–H groups in total. The van der Waals surface area contributed by atoms with E-state index in [1.54, 1.807) is 20.4 Å². The Morgan fingerprint density at radius 2 is 2.13 bits per heavy atom. The lowest BCUT2D eigenvalue weighted by Gasteiger charge is -2.15. The Kier molecular flexibility index (Phi) is 4.81. The van der Waals surface area contributed by atoms with E-state index in [1.807, 2.05) is 13.0 Å². The first-order valence-corrected chi connectivity index (χ1v) is 4.96. The molecule has 0 saturated carbocycles. The number of rotatable bonds is 5. The molecule has 15 heavy (non-hydrogen) atoms. The van der Waals surface area contributed by atoms with Gasteiger partial charge in [0.15, 0.2) is 11.4 Å². The van der Waals surface area contributed by atoms with E-state index >= 15 is 0 Å². The zero-order chi connectivity index (χ0) is 11.3. The average Bonchev–Trinajstić information content (AvgIpc) is 2.24. The van der Waals surface area contributed by atoms with Crippen LogP contribution < -0.4 is 5.32 Å². The molecule has 1 aromatic rings. The molecule has 0 atom stereocenters. The molecule has 0 aliphatic heterocycles. The van der Waals surface area contributed by atoms with Gasteiger partial charge in [-0.05, 0) is 18.6 Å². The van der Waals surface area contributed by atoms with Crippen molar-refractivity contribution in [1.82, 2.24) is 4.98 Å². The van der Waals surface area contributed by atoms with Crippen LogP contribution in [0.1, 0.15) is 5.56 Å². The summed E-state index contributed by atoms with van der Waals surface area (Å²) in [6, 6.07) is 1.93. The summed E-state index contributed by atoms with van der Waals surface area (Å²) in [5.41, 5.74) is 1.84. The first kappa shape index (κ1) is 12.2. The predicted molar refractivity (Wildman–Crippen MR) is 60.3 cm³/mol. The minimum atomic E-state index is -0.290. The molecule has 0 aliphatic carbocycles. The molecule has 0 aromatic carbocycles. The van der Waals surface area contributed by atoms with Crippen molar-refractivity contribution in [2.75, 3.05) is 26.1 Å². The van der Waals surface area contributed by atoms with Crippen molar-refractivity contribution in [3.63, 3.8) is 0 Å². The van der Waals surface area contributed by atoms with Gasteiger partial charge >= 0.3 is 0 Å². The Morgan fingerprint density at radius 1 is 1.47 bits per heavy atom. The van der Waals surface area contributed by atoms with Crippen molar-refractivity contribution in [1.29, 1.82) is 0 Å². The van der Waals surface area contributed by atoms with Crippen LogP contribution in [0.15, 0.2) is 12.3 Å². The molecule has 84 valence electrons. The lowest BCUT2D eigenvalue weighted by Crippen LogP contribution is -2.23. The molecular weight excluding hydrogens is 216 g/mol. The predicted octanol–water partition coefficient (Wildman–Crippen LogP) is 2.07. The number of hydrogen-bond donors (Lipinski definition) is 1. The largest absolute Gasteiger partial charge is 0.377 e. The van der Waals surface area contributed by atoms with Crippen LogP contribution in [0.4, 0.5) is 5.69 Å². The summed E-state index contributed by atoms with van der Waals surface area (Å²) < 4.78 is 10.1. The normalized spacial score (nSPS) is 10.7. The van der Waals surface area contributed by atoms with E-state index in [9.17, 15) is 0 Å². The van der Waals surface area contributed by atoms with Crippen LogP contribution >= 0.6 is 11.6 Å². The zero-order valence-corrected chi connectivity index (χ0v) is 9.84. The van der Waals surface area contributed by atoms with Gasteiger partial charge in [-0.2, -0.15) is 0 Å². The van der Waals surface area contributed by atoms with E-state index in [2.05, 4.69) is 10.3 Å². The van der Waals surface area contributed by atoms with Crippen molar-refractivity contribution >= 4 is 17.3 Å². The number of halogens is 1. The topological polar surface area (TPSA) is 43.4 Å². The Labute approximate surface area is 94.6 Å². The monoisotopic (exact) mass is 230 g/mol. The standard InChI is InChI=1S/C10H15ClN2O2/c1-7-4-8(10(11)13-5-7)12-6-9(14-2)15-3/h4-5,9,12H,6H2,1-3H3. The van der Waals surface area contributed by atoms with Crippen LogP contribution in [0.2, 0.25) is 5.15 Å². The number of hydrogen-bond acceptors (Lipinski definition) is 4. The van der Waals surface area contributed by atoms with Gasteiger partial charge in [0.05, 0.1) is 12.2 Å². The summed E-state index contributed by atoms with van der Waals surface area (Å²) in [5.74, 6) is 0. The van der Waals surface area contributed by atoms with Crippen molar-refractivity contribution in [2.45, 2.75) is 13.2 Å². The summed E-state index contributed by atoms with van der Waals surface area (Å²) in [4.78, 5) is 4.03. The molecule has 0 unspecified atom stereocenters. The highest BCUT2D eigenvalue weighted by molar-refractivity contribution is 6.31. The Morgan fingerprint density at radius 3 is 2.73 bits per heavy atom. The number of aromatic nitrogens is 1. The fourth-order valence-corrected chi connectivity index (χ4v) is 1.30. The smallest absolute Gasteiger partial charge is 0.173 e. The molecule has 0 radical (unpaired) electrons. The second kappa shape index (κ2) is 5.90. The third kappa shape index (κ3) is 3.66. The van der Waals surface area contributed by atoms with Crippen LogP contribution in [0, 0.1) is 6.92 Å². The van der Waals surface area contributed by atoms with Gasteiger partial charge in [0.2, 0.25) is 0 Å². The van der Waals surface area contributed by atoms with Crippen molar-refractivity contribution in [3.05, 3.63) is 23.0 Å². The van der Waals surface area contributed by atoms with Gasteiger partial charge in [-0.15, -0.1) is 0 Å². The maximum atomic E-state index is 5.91. The molecule has 0 fully saturated rings. The minimum Gasteiger partial charge on any atom is -0.377 e. The molecule has 1 heterocycles. The number of ether oxygens (including phenoxy) is 2. The van der Waals surface area contributed by atoms with Crippen LogP contribution in [-0.4, -0.2) is 32.0 Å². The maximum absolute atomic E-state index is 5.91. The second-order valence-corrected chi connectivity index (χ2v) is 3.49. The van der Waals surface area contributed by atoms with Crippen LogP contribution in [0.3, 0.4) is 0 Å². The number of nitrogens with zero attached hydrogens (tertiary/aromatic N) is 1. The van der Waals surface area contributed by atoms with Gasteiger partial charge in [-0.3, -0.25) is 0 Å². The first-order chi connectivity index (χ1) is 7.17. The van der Waals surface area contributed by atoms with Crippen molar-refractivity contribution < 1.29 is 9.47 Å². The maximum Gasteiger partial charge on any atom is 0.173 e. The lowest BCUT2D eigenvalue weighted by molar-refractivity contribution is -0.0914. The molecule has 1 rings (SSSR count). The van der Waals surface area contributed by atoms with Gasteiger partial charge in [0.1, 0.15) is 0 Å². The SMILES string of the molecule is COC(CNc1cc(C)cnc1Cl)OC. The van der Waals surface area contributed by atoms with E-state index in [1.165, 1.54) is 0 Å². The minimum absolute atomic E-state index is 0.290. The van der Waals surface area contributed by atoms with Gasteiger partial charge in [-0.1, -0.05) is 11.6 Å². The molecule has 1 aromatic heterocycles. The van der Waals surface area contributed by atoms with Crippen molar-refractivity contribution in [2.24, 2.45) is 0 Å². The third-order valence-electron chi connectivity index (χ3n) is 1.96. The van der Waals surface area contributed by atoms with Crippen LogP contribution in [0.25, 0.3) is 0 Å². The van der Waals surface area contributed by atoms with Crippen LogP contribution in [-0.2, 0) is 9.47 Å². The quantitative estimate of drug-likeness (QED) is 0.621. The highest BCUT2D eigenvalue weighted by Crippen LogP contribution is 2.19. The fraction of sp³-hybridized carbons (Fsp3) is 0.500. The fourth-order valence-electron chi connectivity index (χ4n) is 1.13. The van der Waals surface area contributed by atoms with Gasteiger partial charge < -0.3 is 14.8 Å². The van der Waals surface area contributed by atoms with E-state index in [-0.39, 0.29) is 6.29 Å². The Hall–Kier alpha value is -0.840. The molecule has 0 amide bonds. The summed E-state index contributed by atoms with van der Waals surface area (Å²) in [6.45, 7) is 2.48. The highest BCUT2D eigenvalue weighted by Gasteiger charge is 2.06. The van der Waals surface area contributed by atoms with Gasteiger partial charge in [0.25, 0.3) is 0 Å². The third-order valence-corrected chi connectivity index (χ3v) is 2.26. The molecular formula is C10H15ClN2O2. The average molecular weight is 231 g/mol. The van der Waals surface area contributed by atoms with E-state index < -0.39 is 0 Å². The van der Waals surface area contributed by atoms with Crippen LogP contribution in [0.5, 0.6) is 0 Å². The Bertz CT molecular complexity index is 316. The van der Waals surface area contributed by atoms with E-state index in [0.29, 0.717) is 11.7 Å². The number of nitrogens with one attached hydrogen (secondary N) is 1.